The Labute approximate surface area is 121 Å². The molecule has 0 atom stereocenters. The smallest absolute Gasteiger partial charge is 0.133 e. The van der Waals surface area contributed by atoms with Crippen molar-refractivity contribution in [3.8, 4) is 0 Å². The maximum Gasteiger partial charge on any atom is 0.133 e. The molecule has 106 valence electrons. The predicted octanol–water partition coefficient (Wildman–Crippen LogP) is 3.69. The van der Waals surface area contributed by atoms with Crippen LogP contribution in [0.15, 0.2) is 36.8 Å². The lowest BCUT2D eigenvalue weighted by molar-refractivity contribution is 0.499. The summed E-state index contributed by atoms with van der Waals surface area (Å²) in [7, 11) is 0. The second kappa shape index (κ2) is 5.31. The molecule has 3 heteroatoms. The molecule has 0 aromatic carbocycles. The van der Waals surface area contributed by atoms with E-state index in [1.807, 2.05) is 30.7 Å². The molecular weight excluding hydrogens is 246 g/mol. The number of pyridine rings is 1. The SMILES string of the molecule is CC(C)(C)c1ncc(CC(C)(C)c2ccccn2)cn1. The zero-order valence-corrected chi connectivity index (χ0v) is 13.0. The quantitative estimate of drug-likeness (QED) is 0.853. The molecule has 0 saturated carbocycles. The average Bonchev–Trinajstić information content (AvgIpc) is 2.39. The van der Waals surface area contributed by atoms with E-state index >= 15 is 0 Å². The summed E-state index contributed by atoms with van der Waals surface area (Å²) in [5.74, 6) is 0.886. The van der Waals surface area contributed by atoms with Gasteiger partial charge in [-0.1, -0.05) is 40.7 Å². The predicted molar refractivity (Wildman–Crippen MR) is 81.7 cm³/mol. The van der Waals surface area contributed by atoms with Crippen molar-refractivity contribution in [1.29, 1.82) is 0 Å². The lowest BCUT2D eigenvalue weighted by Gasteiger charge is -2.24. The summed E-state index contributed by atoms with van der Waals surface area (Å²) < 4.78 is 0. The third kappa shape index (κ3) is 3.41. The molecule has 2 aromatic heterocycles. The highest BCUT2D eigenvalue weighted by Crippen LogP contribution is 2.26. The Balaban J connectivity index is 2.18. The molecule has 2 aromatic rings. The second-order valence-electron chi connectivity index (χ2n) is 6.94. The summed E-state index contributed by atoms with van der Waals surface area (Å²) in [6.07, 6.45) is 6.61. The van der Waals surface area contributed by atoms with Gasteiger partial charge in [0.05, 0.1) is 0 Å². The Bertz CT molecular complexity index is 551. The maximum absolute atomic E-state index is 4.50. The molecule has 0 saturated heterocycles. The van der Waals surface area contributed by atoms with Gasteiger partial charge in [0.25, 0.3) is 0 Å². The van der Waals surface area contributed by atoms with Crippen molar-refractivity contribution < 1.29 is 0 Å². The largest absolute Gasteiger partial charge is 0.261 e. The topological polar surface area (TPSA) is 38.7 Å². The van der Waals surface area contributed by atoms with Gasteiger partial charge in [-0.05, 0) is 24.1 Å². The Kier molecular flexibility index (Phi) is 3.89. The lowest BCUT2D eigenvalue weighted by atomic mass is 9.83. The molecule has 2 heterocycles. The molecule has 0 aliphatic rings. The standard InChI is InChI=1S/C17H23N3/c1-16(2,3)15-19-11-13(12-20-15)10-17(4,5)14-8-6-7-9-18-14/h6-9,11-12H,10H2,1-5H3. The minimum absolute atomic E-state index is 0.00493. The Morgan fingerprint density at radius 2 is 1.55 bits per heavy atom. The van der Waals surface area contributed by atoms with E-state index in [1.54, 1.807) is 0 Å². The van der Waals surface area contributed by atoms with E-state index in [2.05, 4.69) is 55.6 Å². The van der Waals surface area contributed by atoms with E-state index in [0.29, 0.717) is 0 Å². The van der Waals surface area contributed by atoms with Crippen LogP contribution in [0.25, 0.3) is 0 Å². The summed E-state index contributed by atoms with van der Waals surface area (Å²) in [5.41, 5.74) is 2.22. The summed E-state index contributed by atoms with van der Waals surface area (Å²) in [5, 5.41) is 0. The van der Waals surface area contributed by atoms with E-state index in [9.17, 15) is 0 Å². The van der Waals surface area contributed by atoms with Crippen molar-refractivity contribution in [3.05, 3.63) is 53.9 Å². The van der Waals surface area contributed by atoms with Crippen LogP contribution in [-0.2, 0) is 17.3 Å². The summed E-state index contributed by atoms with van der Waals surface area (Å²) in [6.45, 7) is 10.8. The van der Waals surface area contributed by atoms with Crippen molar-refractivity contribution in [2.45, 2.75) is 51.9 Å². The van der Waals surface area contributed by atoms with E-state index < -0.39 is 0 Å². The van der Waals surface area contributed by atoms with Gasteiger partial charge >= 0.3 is 0 Å². The van der Waals surface area contributed by atoms with Gasteiger partial charge in [0.1, 0.15) is 5.82 Å². The highest BCUT2D eigenvalue weighted by atomic mass is 14.9. The first-order valence-corrected chi connectivity index (χ1v) is 7.02. The van der Waals surface area contributed by atoms with Gasteiger partial charge in [0, 0.05) is 35.1 Å². The molecule has 20 heavy (non-hydrogen) atoms. The van der Waals surface area contributed by atoms with Gasteiger partial charge in [-0.2, -0.15) is 0 Å². The first-order chi connectivity index (χ1) is 9.29. The molecular formula is C17H23N3. The van der Waals surface area contributed by atoms with E-state index in [0.717, 1.165) is 23.5 Å². The van der Waals surface area contributed by atoms with Crippen LogP contribution in [0.1, 0.15) is 51.7 Å². The monoisotopic (exact) mass is 269 g/mol. The zero-order chi connectivity index (χ0) is 14.8. The molecule has 0 aliphatic heterocycles. The van der Waals surface area contributed by atoms with Gasteiger partial charge in [0.2, 0.25) is 0 Å². The van der Waals surface area contributed by atoms with E-state index in [4.69, 9.17) is 0 Å². The van der Waals surface area contributed by atoms with Crippen LogP contribution in [0.4, 0.5) is 0 Å². The zero-order valence-electron chi connectivity index (χ0n) is 13.0. The Morgan fingerprint density at radius 1 is 0.900 bits per heavy atom. The van der Waals surface area contributed by atoms with Crippen molar-refractivity contribution in [1.82, 2.24) is 15.0 Å². The van der Waals surface area contributed by atoms with Crippen LogP contribution in [-0.4, -0.2) is 15.0 Å². The third-order valence-electron chi connectivity index (χ3n) is 3.38. The minimum Gasteiger partial charge on any atom is -0.261 e. The van der Waals surface area contributed by atoms with Crippen LogP contribution in [0.5, 0.6) is 0 Å². The first kappa shape index (κ1) is 14.6. The number of nitrogens with zero attached hydrogens (tertiary/aromatic N) is 3. The average molecular weight is 269 g/mol. The van der Waals surface area contributed by atoms with Gasteiger partial charge in [-0.25, -0.2) is 9.97 Å². The lowest BCUT2D eigenvalue weighted by Crippen LogP contribution is -2.23. The molecule has 0 amide bonds. The van der Waals surface area contributed by atoms with Crippen molar-refractivity contribution in [2.75, 3.05) is 0 Å². The fourth-order valence-corrected chi connectivity index (χ4v) is 2.20. The fourth-order valence-electron chi connectivity index (χ4n) is 2.20. The molecule has 0 N–H and O–H groups in total. The normalized spacial score (nSPS) is 12.4. The van der Waals surface area contributed by atoms with Crippen molar-refractivity contribution >= 4 is 0 Å². The van der Waals surface area contributed by atoms with Gasteiger partial charge < -0.3 is 0 Å². The molecule has 0 unspecified atom stereocenters. The van der Waals surface area contributed by atoms with E-state index in [1.165, 1.54) is 0 Å². The Morgan fingerprint density at radius 3 is 2.05 bits per heavy atom. The van der Waals surface area contributed by atoms with Crippen LogP contribution in [0.3, 0.4) is 0 Å². The van der Waals surface area contributed by atoms with Crippen molar-refractivity contribution in [3.63, 3.8) is 0 Å². The summed E-state index contributed by atoms with van der Waals surface area (Å²) in [4.78, 5) is 13.5. The number of aromatic nitrogens is 3. The number of rotatable bonds is 3. The van der Waals surface area contributed by atoms with Crippen molar-refractivity contribution in [2.24, 2.45) is 0 Å². The minimum atomic E-state index is -0.0200. The van der Waals surface area contributed by atoms with Crippen LogP contribution >= 0.6 is 0 Å². The molecule has 2 rings (SSSR count). The first-order valence-electron chi connectivity index (χ1n) is 7.02. The third-order valence-corrected chi connectivity index (χ3v) is 3.38. The highest BCUT2D eigenvalue weighted by Gasteiger charge is 2.23. The summed E-state index contributed by atoms with van der Waals surface area (Å²) in [6, 6.07) is 6.05. The van der Waals surface area contributed by atoms with E-state index in [-0.39, 0.29) is 10.8 Å². The van der Waals surface area contributed by atoms with Crippen LogP contribution in [0, 0.1) is 0 Å². The molecule has 0 bridgehead atoms. The Hall–Kier alpha value is -1.77. The molecule has 3 nitrogen and oxygen atoms in total. The summed E-state index contributed by atoms with van der Waals surface area (Å²) >= 11 is 0. The second-order valence-corrected chi connectivity index (χ2v) is 6.94. The maximum atomic E-state index is 4.50. The highest BCUT2D eigenvalue weighted by molar-refractivity contribution is 5.20. The number of hydrogen-bond acceptors (Lipinski definition) is 3. The van der Waals surface area contributed by atoms with Crippen LogP contribution in [0.2, 0.25) is 0 Å². The molecule has 0 radical (unpaired) electrons. The fraction of sp³-hybridized carbons (Fsp3) is 0.471. The van der Waals surface area contributed by atoms with Gasteiger partial charge in [-0.15, -0.1) is 0 Å². The molecule has 0 aliphatic carbocycles. The van der Waals surface area contributed by atoms with Gasteiger partial charge in [-0.3, -0.25) is 4.98 Å². The van der Waals surface area contributed by atoms with Crippen LogP contribution < -0.4 is 0 Å². The molecule has 0 fully saturated rings. The number of hydrogen-bond donors (Lipinski definition) is 0. The van der Waals surface area contributed by atoms with Gasteiger partial charge in [0.15, 0.2) is 0 Å². The molecule has 0 spiro atoms.